The average molecular weight is 299 g/mol. The summed E-state index contributed by atoms with van der Waals surface area (Å²) in [6.45, 7) is 0. The first-order chi connectivity index (χ1) is 9.20. The molecule has 20 heavy (non-hydrogen) atoms. The SMILES string of the molecule is COC(C(=O)NC1CCC(N)CC1)c1ccccc1.Cl. The van der Waals surface area contributed by atoms with Gasteiger partial charge in [-0.2, -0.15) is 0 Å². The van der Waals surface area contributed by atoms with Crippen molar-refractivity contribution >= 4 is 18.3 Å². The highest BCUT2D eigenvalue weighted by Crippen LogP contribution is 2.20. The summed E-state index contributed by atoms with van der Waals surface area (Å²) in [5, 5.41) is 3.07. The van der Waals surface area contributed by atoms with Gasteiger partial charge in [-0.15, -0.1) is 12.4 Å². The molecular formula is C15H23ClN2O2. The number of benzene rings is 1. The Morgan fingerprint density at radius 1 is 1.25 bits per heavy atom. The number of carbonyl (C=O) groups excluding carboxylic acids is 1. The number of rotatable bonds is 4. The van der Waals surface area contributed by atoms with Gasteiger partial charge >= 0.3 is 0 Å². The lowest BCUT2D eigenvalue weighted by Crippen LogP contribution is -2.42. The average Bonchev–Trinajstić information content (AvgIpc) is 2.43. The first-order valence-electron chi connectivity index (χ1n) is 6.84. The molecule has 0 saturated heterocycles. The van der Waals surface area contributed by atoms with Crippen LogP contribution in [0, 0.1) is 0 Å². The number of hydrogen-bond acceptors (Lipinski definition) is 3. The molecule has 1 aliphatic carbocycles. The van der Waals surface area contributed by atoms with Crippen LogP contribution in [0.4, 0.5) is 0 Å². The minimum atomic E-state index is -0.531. The molecule has 1 fully saturated rings. The molecule has 1 saturated carbocycles. The van der Waals surface area contributed by atoms with Gasteiger partial charge in [0, 0.05) is 19.2 Å². The van der Waals surface area contributed by atoms with E-state index in [9.17, 15) is 4.79 Å². The fourth-order valence-corrected chi connectivity index (χ4v) is 2.56. The smallest absolute Gasteiger partial charge is 0.253 e. The fourth-order valence-electron chi connectivity index (χ4n) is 2.56. The maximum Gasteiger partial charge on any atom is 0.253 e. The third-order valence-electron chi connectivity index (χ3n) is 3.69. The van der Waals surface area contributed by atoms with E-state index in [2.05, 4.69) is 5.32 Å². The van der Waals surface area contributed by atoms with Crippen molar-refractivity contribution in [3.8, 4) is 0 Å². The molecule has 0 aliphatic heterocycles. The minimum absolute atomic E-state index is 0. The lowest BCUT2D eigenvalue weighted by molar-refractivity contribution is -0.132. The molecule has 112 valence electrons. The number of carbonyl (C=O) groups is 1. The summed E-state index contributed by atoms with van der Waals surface area (Å²) in [6, 6.07) is 10.1. The number of hydrogen-bond donors (Lipinski definition) is 2. The van der Waals surface area contributed by atoms with E-state index in [1.54, 1.807) is 7.11 Å². The molecule has 1 unspecified atom stereocenters. The van der Waals surface area contributed by atoms with Crippen molar-refractivity contribution in [2.75, 3.05) is 7.11 Å². The molecule has 3 N–H and O–H groups in total. The Hall–Kier alpha value is -1.10. The van der Waals surface area contributed by atoms with E-state index >= 15 is 0 Å². The molecule has 1 amide bonds. The number of nitrogens with one attached hydrogen (secondary N) is 1. The highest BCUT2D eigenvalue weighted by atomic mass is 35.5. The molecule has 0 heterocycles. The van der Waals surface area contributed by atoms with Crippen molar-refractivity contribution in [3.63, 3.8) is 0 Å². The van der Waals surface area contributed by atoms with Gasteiger partial charge in [0.2, 0.25) is 0 Å². The lowest BCUT2D eigenvalue weighted by atomic mass is 9.91. The summed E-state index contributed by atoms with van der Waals surface area (Å²) >= 11 is 0. The van der Waals surface area contributed by atoms with E-state index in [0.717, 1.165) is 31.2 Å². The van der Waals surface area contributed by atoms with E-state index in [0.29, 0.717) is 6.04 Å². The van der Waals surface area contributed by atoms with E-state index in [-0.39, 0.29) is 24.4 Å². The minimum Gasteiger partial charge on any atom is -0.367 e. The van der Waals surface area contributed by atoms with Crippen LogP contribution >= 0.6 is 12.4 Å². The molecule has 2 rings (SSSR count). The maximum atomic E-state index is 12.3. The van der Waals surface area contributed by atoms with Crippen molar-refractivity contribution in [2.45, 2.75) is 43.9 Å². The Kier molecular flexibility index (Phi) is 6.99. The normalized spacial score (nSPS) is 23.5. The topological polar surface area (TPSA) is 64.3 Å². The van der Waals surface area contributed by atoms with Crippen molar-refractivity contribution in [1.82, 2.24) is 5.32 Å². The highest BCUT2D eigenvalue weighted by Gasteiger charge is 2.25. The van der Waals surface area contributed by atoms with Crippen LogP contribution in [0.2, 0.25) is 0 Å². The van der Waals surface area contributed by atoms with Crippen LogP contribution in [0.15, 0.2) is 30.3 Å². The molecule has 1 aromatic rings. The van der Waals surface area contributed by atoms with Crippen LogP contribution < -0.4 is 11.1 Å². The highest BCUT2D eigenvalue weighted by molar-refractivity contribution is 5.85. The number of halogens is 1. The zero-order valence-corrected chi connectivity index (χ0v) is 12.6. The van der Waals surface area contributed by atoms with Gasteiger partial charge in [-0.25, -0.2) is 0 Å². The summed E-state index contributed by atoms with van der Waals surface area (Å²) in [7, 11) is 1.56. The molecule has 0 radical (unpaired) electrons. The first-order valence-corrected chi connectivity index (χ1v) is 6.84. The van der Waals surface area contributed by atoms with Crippen LogP contribution in [0.1, 0.15) is 37.4 Å². The van der Waals surface area contributed by atoms with Crippen molar-refractivity contribution in [3.05, 3.63) is 35.9 Å². The fraction of sp³-hybridized carbons (Fsp3) is 0.533. The molecule has 4 nitrogen and oxygen atoms in total. The molecule has 1 aromatic carbocycles. The molecule has 0 aromatic heterocycles. The zero-order valence-electron chi connectivity index (χ0n) is 11.7. The van der Waals surface area contributed by atoms with E-state index in [1.165, 1.54) is 0 Å². The van der Waals surface area contributed by atoms with Crippen LogP contribution in [0.5, 0.6) is 0 Å². The molecular weight excluding hydrogens is 276 g/mol. The Balaban J connectivity index is 0.00000200. The Morgan fingerprint density at radius 2 is 1.85 bits per heavy atom. The number of methoxy groups -OCH3 is 1. The van der Waals surface area contributed by atoms with Gasteiger partial charge in [-0.05, 0) is 31.2 Å². The van der Waals surface area contributed by atoms with E-state index in [1.807, 2.05) is 30.3 Å². The molecule has 0 bridgehead atoms. The molecule has 5 heteroatoms. The van der Waals surface area contributed by atoms with Gasteiger partial charge in [0.25, 0.3) is 5.91 Å². The summed E-state index contributed by atoms with van der Waals surface area (Å²) in [4.78, 5) is 12.3. The number of ether oxygens (including phenoxy) is 1. The molecule has 0 spiro atoms. The second kappa shape index (κ2) is 8.25. The number of nitrogens with two attached hydrogens (primary N) is 1. The first kappa shape index (κ1) is 17.0. The van der Waals surface area contributed by atoms with Crippen LogP contribution in [-0.2, 0) is 9.53 Å². The van der Waals surface area contributed by atoms with E-state index < -0.39 is 6.10 Å². The van der Waals surface area contributed by atoms with Crippen LogP contribution in [-0.4, -0.2) is 25.1 Å². The second-order valence-corrected chi connectivity index (χ2v) is 5.15. The summed E-state index contributed by atoms with van der Waals surface area (Å²) < 4.78 is 5.32. The summed E-state index contributed by atoms with van der Waals surface area (Å²) in [5.41, 5.74) is 6.75. The summed E-state index contributed by atoms with van der Waals surface area (Å²) in [6.07, 6.45) is 3.34. The van der Waals surface area contributed by atoms with Crippen molar-refractivity contribution < 1.29 is 9.53 Å². The predicted molar refractivity (Wildman–Crippen MR) is 81.8 cm³/mol. The third kappa shape index (κ3) is 4.47. The van der Waals surface area contributed by atoms with Gasteiger partial charge in [0.1, 0.15) is 0 Å². The van der Waals surface area contributed by atoms with Gasteiger partial charge in [-0.3, -0.25) is 4.79 Å². The summed E-state index contributed by atoms with van der Waals surface area (Å²) in [5.74, 6) is -0.0610. The lowest BCUT2D eigenvalue weighted by Gasteiger charge is -2.28. The Labute approximate surface area is 126 Å². The van der Waals surface area contributed by atoms with Gasteiger partial charge in [-0.1, -0.05) is 30.3 Å². The van der Waals surface area contributed by atoms with Crippen molar-refractivity contribution in [2.24, 2.45) is 5.73 Å². The molecule has 1 aliphatic rings. The zero-order chi connectivity index (χ0) is 13.7. The number of amides is 1. The van der Waals surface area contributed by atoms with Crippen LogP contribution in [0.25, 0.3) is 0 Å². The largest absolute Gasteiger partial charge is 0.367 e. The maximum absolute atomic E-state index is 12.3. The monoisotopic (exact) mass is 298 g/mol. The second-order valence-electron chi connectivity index (χ2n) is 5.15. The standard InChI is InChI=1S/C15H22N2O2.ClH/c1-19-14(11-5-3-2-4-6-11)15(18)17-13-9-7-12(16)8-10-13;/h2-6,12-14H,7-10,16H2,1H3,(H,17,18);1H. The van der Waals surface area contributed by atoms with Gasteiger partial charge in [0.15, 0.2) is 6.10 Å². The van der Waals surface area contributed by atoms with Gasteiger partial charge < -0.3 is 15.8 Å². The predicted octanol–water partition coefficient (Wildman–Crippen LogP) is 2.18. The van der Waals surface area contributed by atoms with E-state index in [4.69, 9.17) is 10.5 Å². The quantitative estimate of drug-likeness (QED) is 0.895. The Bertz CT molecular complexity index is 406. The third-order valence-corrected chi connectivity index (χ3v) is 3.69. The Morgan fingerprint density at radius 3 is 2.40 bits per heavy atom. The van der Waals surface area contributed by atoms with Gasteiger partial charge in [0.05, 0.1) is 0 Å². The van der Waals surface area contributed by atoms with Crippen LogP contribution in [0.3, 0.4) is 0 Å². The van der Waals surface area contributed by atoms with Crippen molar-refractivity contribution in [1.29, 1.82) is 0 Å². The molecule has 1 atom stereocenters.